The van der Waals surface area contributed by atoms with Gasteiger partial charge in [-0.3, -0.25) is 19.3 Å². The van der Waals surface area contributed by atoms with Crippen molar-refractivity contribution < 1.29 is 34.8 Å². The lowest BCUT2D eigenvalue weighted by molar-refractivity contribution is -0.148. The molecule has 1 aromatic heterocycles. The van der Waals surface area contributed by atoms with Crippen LogP contribution in [0.1, 0.15) is 22.3 Å². The number of nitrogens with zero attached hydrogens (tertiary/aromatic N) is 1. The molecule has 0 aliphatic heterocycles. The number of benzene rings is 1. The van der Waals surface area contributed by atoms with Crippen LogP contribution in [0, 0.1) is 11.8 Å². The summed E-state index contributed by atoms with van der Waals surface area (Å²) in [5.74, 6) is -6.51. The van der Waals surface area contributed by atoms with Crippen LogP contribution in [0.5, 0.6) is 5.75 Å². The zero-order chi connectivity index (χ0) is 24.0. The second-order valence-electron chi connectivity index (χ2n) is 9.16. The maximum absolute atomic E-state index is 13.5. The van der Waals surface area contributed by atoms with E-state index in [2.05, 4.69) is 4.98 Å². The minimum Gasteiger partial charge on any atom is -0.510 e. The Kier molecular flexibility index (Phi) is 4.30. The fraction of sp³-hybridized carbons (Fsp3) is 0.348. The van der Waals surface area contributed by atoms with Crippen LogP contribution in [0.4, 0.5) is 0 Å². The van der Waals surface area contributed by atoms with Crippen LogP contribution in [0.2, 0.25) is 0 Å². The molecule has 0 saturated carbocycles. The van der Waals surface area contributed by atoms with Crippen molar-refractivity contribution in [2.75, 3.05) is 14.1 Å². The van der Waals surface area contributed by atoms with E-state index >= 15 is 0 Å². The molecular formula is C23H23N3O7. The normalized spacial score (nSPS) is 29.4. The Labute approximate surface area is 187 Å². The quantitative estimate of drug-likeness (QED) is 0.358. The Morgan fingerprint density at radius 1 is 1.24 bits per heavy atom. The molecule has 10 heteroatoms. The number of aromatic amines is 1. The lowest BCUT2D eigenvalue weighted by Gasteiger charge is -2.50. The maximum Gasteiger partial charge on any atom is 0.255 e. The lowest BCUT2D eigenvalue weighted by Crippen LogP contribution is -2.63. The van der Waals surface area contributed by atoms with Crippen LogP contribution in [0.3, 0.4) is 0 Å². The summed E-state index contributed by atoms with van der Waals surface area (Å²) in [4.78, 5) is 43.2. The molecule has 2 aromatic rings. The number of aromatic nitrogens is 1. The molecule has 1 aromatic carbocycles. The van der Waals surface area contributed by atoms with Gasteiger partial charge in [0.05, 0.1) is 11.6 Å². The summed E-state index contributed by atoms with van der Waals surface area (Å²) in [6.45, 7) is 0. The molecule has 3 aliphatic rings. The van der Waals surface area contributed by atoms with Gasteiger partial charge in [0, 0.05) is 28.6 Å². The van der Waals surface area contributed by atoms with E-state index in [0.29, 0.717) is 16.5 Å². The van der Waals surface area contributed by atoms with E-state index in [1.165, 1.54) is 4.90 Å². The lowest BCUT2D eigenvalue weighted by atomic mass is 9.58. The average molecular weight is 453 g/mol. The zero-order valence-corrected chi connectivity index (χ0v) is 17.9. The standard InChI is InChI=1S/C23H23N3O7/c1-26(2)16-11-6-8-5-9-7-12-10(3-4-25-12)17(27)13(9)18(28)14(8)20(30)23(11,33)21(31)15(19(16)29)22(24)32/h3-4,7-8,11,16,25,27,29-30,33H,5-6H2,1-2H3,(H2,24,32)/t8-,11-,16-,23-/m0/s1. The first-order valence-corrected chi connectivity index (χ1v) is 10.5. The molecule has 172 valence electrons. The second-order valence-corrected chi connectivity index (χ2v) is 9.16. The topological polar surface area (TPSA) is 177 Å². The Balaban J connectivity index is 1.75. The van der Waals surface area contributed by atoms with E-state index in [-0.39, 0.29) is 29.7 Å². The zero-order valence-electron chi connectivity index (χ0n) is 17.9. The van der Waals surface area contributed by atoms with E-state index in [0.717, 1.165) is 0 Å². The van der Waals surface area contributed by atoms with E-state index in [4.69, 9.17) is 5.73 Å². The number of phenolic OH excluding ortho intramolecular Hbond substituents is 1. The number of Topliss-reactive ketones (excluding diaryl/α,β-unsaturated/α-hetero) is 2. The van der Waals surface area contributed by atoms with E-state index in [9.17, 15) is 34.8 Å². The van der Waals surface area contributed by atoms with Crippen LogP contribution in [-0.4, -0.2) is 73.5 Å². The molecule has 4 atom stereocenters. The Morgan fingerprint density at radius 3 is 2.58 bits per heavy atom. The van der Waals surface area contributed by atoms with E-state index in [1.54, 1.807) is 32.4 Å². The molecule has 0 saturated heterocycles. The minimum absolute atomic E-state index is 0.00267. The molecule has 0 spiro atoms. The number of nitrogens with one attached hydrogen (secondary N) is 1. The van der Waals surface area contributed by atoms with Crippen LogP contribution >= 0.6 is 0 Å². The number of hydrogen-bond donors (Lipinski definition) is 6. The van der Waals surface area contributed by atoms with Crippen molar-refractivity contribution in [3.63, 3.8) is 0 Å². The first-order chi connectivity index (χ1) is 15.5. The highest BCUT2D eigenvalue weighted by Gasteiger charge is 2.63. The van der Waals surface area contributed by atoms with Gasteiger partial charge >= 0.3 is 0 Å². The fourth-order valence-corrected chi connectivity index (χ4v) is 5.82. The molecule has 0 fully saturated rings. The number of aliphatic hydroxyl groups is 3. The van der Waals surface area contributed by atoms with Crippen molar-refractivity contribution in [2.24, 2.45) is 17.6 Å². The summed E-state index contributed by atoms with van der Waals surface area (Å²) >= 11 is 0. The largest absolute Gasteiger partial charge is 0.510 e. The van der Waals surface area contributed by atoms with Gasteiger partial charge in [-0.2, -0.15) is 0 Å². The van der Waals surface area contributed by atoms with Gasteiger partial charge in [-0.25, -0.2) is 0 Å². The van der Waals surface area contributed by atoms with Gasteiger partial charge in [0.25, 0.3) is 5.91 Å². The number of likely N-dealkylation sites (N-methyl/N-ethyl adjacent to an activating group) is 1. The number of hydrogen-bond acceptors (Lipinski definition) is 8. The summed E-state index contributed by atoms with van der Waals surface area (Å²) in [7, 11) is 3.18. The summed E-state index contributed by atoms with van der Waals surface area (Å²) in [5.41, 5.74) is 2.92. The first kappa shape index (κ1) is 21.2. The number of rotatable bonds is 2. The number of allylic oxidation sites excluding steroid dienone is 1. The third-order valence-corrected chi connectivity index (χ3v) is 7.24. The number of ketones is 2. The van der Waals surface area contributed by atoms with Crippen LogP contribution in [-0.2, 0) is 16.0 Å². The van der Waals surface area contributed by atoms with Crippen molar-refractivity contribution in [3.8, 4) is 5.75 Å². The number of aromatic hydroxyl groups is 1. The maximum atomic E-state index is 13.5. The molecule has 1 amide bonds. The monoisotopic (exact) mass is 453 g/mol. The third-order valence-electron chi connectivity index (χ3n) is 7.24. The summed E-state index contributed by atoms with van der Waals surface area (Å²) in [6, 6.07) is 2.37. The van der Waals surface area contributed by atoms with Crippen LogP contribution in [0.15, 0.2) is 41.0 Å². The fourth-order valence-electron chi connectivity index (χ4n) is 5.82. The smallest absolute Gasteiger partial charge is 0.255 e. The number of aliphatic hydroxyl groups excluding tert-OH is 2. The number of fused-ring (bicyclic) bond motifs is 4. The molecular weight excluding hydrogens is 430 g/mol. The molecule has 5 rings (SSSR count). The SMILES string of the molecule is CN(C)[C@@H]1C(O)=C(C(N)=O)C(=O)[C@@]2(O)C(O)=C3C(=O)c4c(cc5[nH]ccc5c4O)C[C@H]3C[C@@H]12. The summed E-state index contributed by atoms with van der Waals surface area (Å²) in [6.07, 6.45) is 1.95. The van der Waals surface area contributed by atoms with Crippen molar-refractivity contribution in [1.82, 2.24) is 9.88 Å². The molecule has 7 N–H and O–H groups in total. The van der Waals surface area contributed by atoms with Gasteiger partial charge < -0.3 is 31.1 Å². The Morgan fingerprint density at radius 2 is 1.94 bits per heavy atom. The van der Waals surface area contributed by atoms with Crippen molar-refractivity contribution in [2.45, 2.75) is 24.5 Å². The first-order valence-electron chi connectivity index (χ1n) is 10.5. The molecule has 3 aliphatic carbocycles. The Hall–Kier alpha value is -3.63. The number of nitrogens with two attached hydrogens (primary N) is 1. The van der Waals surface area contributed by atoms with Crippen molar-refractivity contribution in [1.29, 1.82) is 0 Å². The minimum atomic E-state index is -2.63. The van der Waals surface area contributed by atoms with E-state index < -0.39 is 58.0 Å². The number of phenols is 1. The number of carbonyl (C=O) groups is 3. The molecule has 0 radical (unpaired) electrons. The summed E-state index contributed by atoms with van der Waals surface area (Å²) in [5, 5.41) is 44.7. The molecule has 1 heterocycles. The Bertz CT molecular complexity index is 1340. The molecule has 33 heavy (non-hydrogen) atoms. The molecule has 0 unspecified atom stereocenters. The highest BCUT2D eigenvalue weighted by Crippen LogP contribution is 2.52. The van der Waals surface area contributed by atoms with Gasteiger partial charge in [-0.05, 0) is 50.6 Å². The van der Waals surface area contributed by atoms with Crippen LogP contribution < -0.4 is 5.73 Å². The number of primary amides is 1. The van der Waals surface area contributed by atoms with E-state index in [1.807, 2.05) is 0 Å². The van der Waals surface area contributed by atoms with Gasteiger partial charge in [0.1, 0.15) is 22.8 Å². The third kappa shape index (κ3) is 2.53. The van der Waals surface area contributed by atoms with Crippen molar-refractivity contribution >= 4 is 28.4 Å². The van der Waals surface area contributed by atoms with Crippen molar-refractivity contribution in [3.05, 3.63) is 52.1 Å². The number of amides is 1. The average Bonchev–Trinajstić information content (AvgIpc) is 3.19. The second kappa shape index (κ2) is 6.69. The highest BCUT2D eigenvalue weighted by atomic mass is 16.3. The van der Waals surface area contributed by atoms with Gasteiger partial charge in [-0.15, -0.1) is 0 Å². The molecule has 0 bridgehead atoms. The van der Waals surface area contributed by atoms with Gasteiger partial charge in [0.15, 0.2) is 11.4 Å². The number of carbonyl (C=O) groups excluding carboxylic acids is 3. The summed E-state index contributed by atoms with van der Waals surface area (Å²) < 4.78 is 0. The van der Waals surface area contributed by atoms with Gasteiger partial charge in [0.2, 0.25) is 5.78 Å². The predicted octanol–water partition coefficient (Wildman–Crippen LogP) is 0.602. The number of H-pyrrole nitrogens is 1. The molecule has 10 nitrogen and oxygen atoms in total. The predicted molar refractivity (Wildman–Crippen MR) is 116 cm³/mol. The highest BCUT2D eigenvalue weighted by molar-refractivity contribution is 6.25. The van der Waals surface area contributed by atoms with Crippen LogP contribution in [0.25, 0.3) is 10.9 Å². The van der Waals surface area contributed by atoms with Gasteiger partial charge in [-0.1, -0.05) is 0 Å².